The van der Waals surface area contributed by atoms with Crippen molar-refractivity contribution in [1.29, 1.82) is 5.26 Å². The van der Waals surface area contributed by atoms with E-state index in [0.717, 1.165) is 11.6 Å². The number of carbonyl (C=O) groups is 1. The third kappa shape index (κ3) is 4.30. The Bertz CT molecular complexity index is 989. The largest absolute Gasteiger partial charge is 0.460 e. The Morgan fingerprint density at radius 2 is 1.43 bits per heavy atom. The molecule has 158 valence electrons. The number of alkyl halides is 7. The summed E-state index contributed by atoms with van der Waals surface area (Å²) < 4.78 is 92.0. The molecule has 0 radical (unpaired) electrons. The van der Waals surface area contributed by atoms with Crippen molar-refractivity contribution in [1.82, 2.24) is 0 Å². The van der Waals surface area contributed by atoms with E-state index in [1.807, 2.05) is 0 Å². The molecule has 0 aliphatic carbocycles. The van der Waals surface area contributed by atoms with Crippen LogP contribution in [0.3, 0.4) is 0 Å². The Balaban J connectivity index is 2.67. The highest BCUT2D eigenvalue weighted by molar-refractivity contribution is 6.11. The van der Waals surface area contributed by atoms with Gasteiger partial charge in [0, 0.05) is 5.69 Å². The number of Topliss-reactive ketones (excluding diaryl/α,β-unsaturated/α-hetero) is 1. The summed E-state index contributed by atoms with van der Waals surface area (Å²) >= 11 is 0. The molecule has 0 unspecified atom stereocenters. The monoisotopic (exact) mass is 430 g/mol. The van der Waals surface area contributed by atoms with Crippen molar-refractivity contribution >= 4 is 17.2 Å². The maximum atomic E-state index is 14.0. The molecule has 0 spiro atoms. The third-order valence-electron chi connectivity index (χ3n) is 4.01. The van der Waals surface area contributed by atoms with Gasteiger partial charge in [-0.1, -0.05) is 48.0 Å². The quantitative estimate of drug-likeness (QED) is 0.361. The number of benzene rings is 2. The minimum Gasteiger partial charge on any atom is -0.354 e. The number of hydrogen-bond acceptors (Lipinski definition) is 3. The maximum Gasteiger partial charge on any atom is 0.460 e. The van der Waals surface area contributed by atoms with E-state index in [1.54, 1.807) is 19.1 Å². The number of rotatable bonds is 6. The molecule has 0 saturated heterocycles. The number of nitrogens with one attached hydrogen (secondary N) is 1. The van der Waals surface area contributed by atoms with Crippen LogP contribution in [-0.4, -0.2) is 23.8 Å². The number of allylic oxidation sites excluding steroid dienone is 1. The first-order valence-corrected chi connectivity index (χ1v) is 8.23. The van der Waals surface area contributed by atoms with Crippen LogP contribution in [0.15, 0.2) is 60.2 Å². The molecule has 0 atom stereocenters. The molecule has 0 aliphatic heterocycles. The zero-order chi connectivity index (χ0) is 22.7. The van der Waals surface area contributed by atoms with E-state index in [1.165, 1.54) is 42.5 Å². The van der Waals surface area contributed by atoms with Crippen LogP contribution in [-0.2, 0) is 4.79 Å². The van der Waals surface area contributed by atoms with Gasteiger partial charge in [-0.05, 0) is 24.6 Å². The van der Waals surface area contributed by atoms with E-state index in [9.17, 15) is 40.8 Å². The SMILES string of the molecule is Cc1ccc(N/C(=C(\C#N)C(=O)C(F)(F)C(F)(F)C(F)(F)F)c2ccccc2)cc1. The molecule has 30 heavy (non-hydrogen) atoms. The summed E-state index contributed by atoms with van der Waals surface area (Å²) in [5.74, 6) is -15.8. The van der Waals surface area contributed by atoms with Crippen molar-refractivity contribution in [3.05, 3.63) is 71.3 Å². The lowest BCUT2D eigenvalue weighted by Gasteiger charge is -2.27. The second kappa shape index (κ2) is 8.18. The fraction of sp³-hybridized carbons (Fsp3) is 0.200. The lowest BCUT2D eigenvalue weighted by atomic mass is 9.96. The van der Waals surface area contributed by atoms with Gasteiger partial charge in [0.05, 0.1) is 5.70 Å². The van der Waals surface area contributed by atoms with Gasteiger partial charge in [0.2, 0.25) is 0 Å². The van der Waals surface area contributed by atoms with E-state index in [4.69, 9.17) is 0 Å². The summed E-state index contributed by atoms with van der Waals surface area (Å²) in [5.41, 5.74) is -1.26. The highest BCUT2D eigenvalue weighted by Gasteiger charge is 2.76. The van der Waals surface area contributed by atoms with Gasteiger partial charge >= 0.3 is 18.0 Å². The smallest absolute Gasteiger partial charge is 0.354 e. The molecule has 0 saturated carbocycles. The summed E-state index contributed by atoms with van der Waals surface area (Å²) in [4.78, 5) is 12.1. The predicted molar refractivity (Wildman–Crippen MR) is 94.7 cm³/mol. The zero-order valence-corrected chi connectivity index (χ0v) is 15.2. The summed E-state index contributed by atoms with van der Waals surface area (Å²) in [6.07, 6.45) is -6.70. The third-order valence-corrected chi connectivity index (χ3v) is 4.01. The molecule has 2 rings (SSSR count). The minimum atomic E-state index is -6.70. The molecular weight excluding hydrogens is 417 g/mol. The van der Waals surface area contributed by atoms with Crippen LogP contribution in [0.2, 0.25) is 0 Å². The summed E-state index contributed by atoms with van der Waals surface area (Å²) in [6, 6.07) is 13.9. The van der Waals surface area contributed by atoms with E-state index < -0.39 is 35.1 Å². The van der Waals surface area contributed by atoms with E-state index in [0.29, 0.717) is 0 Å². The van der Waals surface area contributed by atoms with Crippen molar-refractivity contribution in [3.8, 4) is 6.07 Å². The minimum absolute atomic E-state index is 0.0471. The molecule has 0 aliphatic rings. The van der Waals surface area contributed by atoms with E-state index >= 15 is 0 Å². The number of nitrogens with zero attached hydrogens (tertiary/aromatic N) is 1. The van der Waals surface area contributed by atoms with Gasteiger partial charge in [-0.15, -0.1) is 0 Å². The molecular formula is C20H13F7N2O. The zero-order valence-electron chi connectivity index (χ0n) is 15.2. The van der Waals surface area contributed by atoms with Crippen LogP contribution in [0.5, 0.6) is 0 Å². The molecule has 1 N–H and O–H groups in total. The lowest BCUT2D eigenvalue weighted by Crippen LogP contribution is -2.56. The van der Waals surface area contributed by atoms with Crippen LogP contribution >= 0.6 is 0 Å². The summed E-state index contributed by atoms with van der Waals surface area (Å²) in [6.45, 7) is 1.74. The Morgan fingerprint density at radius 3 is 1.90 bits per heavy atom. The van der Waals surface area contributed by atoms with Crippen molar-refractivity contribution in [3.63, 3.8) is 0 Å². The number of ketones is 1. The fourth-order valence-corrected chi connectivity index (χ4v) is 2.36. The van der Waals surface area contributed by atoms with Crippen molar-refractivity contribution in [2.75, 3.05) is 5.32 Å². The fourth-order valence-electron chi connectivity index (χ4n) is 2.36. The highest BCUT2D eigenvalue weighted by atomic mass is 19.4. The number of halogens is 7. The van der Waals surface area contributed by atoms with Crippen molar-refractivity contribution in [2.45, 2.75) is 24.9 Å². The van der Waals surface area contributed by atoms with E-state index in [-0.39, 0.29) is 11.3 Å². The van der Waals surface area contributed by atoms with Crippen LogP contribution < -0.4 is 5.32 Å². The van der Waals surface area contributed by atoms with Crippen LogP contribution in [0.4, 0.5) is 36.4 Å². The molecule has 10 heteroatoms. The number of nitriles is 1. The molecule has 2 aromatic carbocycles. The van der Waals surface area contributed by atoms with Gasteiger partial charge in [-0.2, -0.15) is 36.0 Å². The predicted octanol–water partition coefficient (Wildman–Crippen LogP) is 5.74. The standard InChI is InChI=1S/C20H13F7N2O/c1-12-7-9-14(10-8-12)29-16(13-5-3-2-4-6-13)15(11-28)17(30)18(21,22)19(23,24)20(25,26)27/h2-10,29H,1H3/b16-15+. The molecule has 0 aromatic heterocycles. The topological polar surface area (TPSA) is 52.9 Å². The van der Waals surface area contributed by atoms with Gasteiger partial charge in [0.25, 0.3) is 5.78 Å². The first-order valence-electron chi connectivity index (χ1n) is 8.23. The van der Waals surface area contributed by atoms with Crippen LogP contribution in [0.25, 0.3) is 5.70 Å². The average Bonchev–Trinajstić information content (AvgIpc) is 2.68. The average molecular weight is 430 g/mol. The highest BCUT2D eigenvalue weighted by Crippen LogP contribution is 2.48. The Hall–Kier alpha value is -3.35. The summed E-state index contributed by atoms with van der Waals surface area (Å²) in [7, 11) is 0. The number of carbonyl (C=O) groups excluding carboxylic acids is 1. The number of hydrogen-bond donors (Lipinski definition) is 1. The molecule has 0 fully saturated rings. The Labute approximate surface area is 166 Å². The van der Waals surface area contributed by atoms with Gasteiger partial charge < -0.3 is 5.32 Å². The molecule has 2 aromatic rings. The molecule has 3 nitrogen and oxygen atoms in total. The Morgan fingerprint density at radius 1 is 0.900 bits per heavy atom. The van der Waals surface area contributed by atoms with Crippen LogP contribution in [0.1, 0.15) is 11.1 Å². The Kier molecular flexibility index (Phi) is 6.25. The van der Waals surface area contributed by atoms with Crippen molar-refractivity contribution in [2.24, 2.45) is 0 Å². The van der Waals surface area contributed by atoms with Gasteiger partial charge in [-0.25, -0.2) is 0 Å². The number of aryl methyl sites for hydroxylation is 1. The van der Waals surface area contributed by atoms with E-state index in [2.05, 4.69) is 5.32 Å². The van der Waals surface area contributed by atoms with Gasteiger partial charge in [-0.3, -0.25) is 4.79 Å². The second-order valence-corrected chi connectivity index (χ2v) is 6.19. The first-order chi connectivity index (χ1) is 13.8. The molecule has 0 heterocycles. The number of anilines is 1. The summed E-state index contributed by atoms with van der Waals surface area (Å²) in [5, 5.41) is 11.7. The molecule has 0 bridgehead atoms. The van der Waals surface area contributed by atoms with Crippen molar-refractivity contribution < 1.29 is 35.5 Å². The van der Waals surface area contributed by atoms with Gasteiger partial charge in [0.1, 0.15) is 11.6 Å². The first kappa shape index (κ1) is 22.9. The molecule has 0 amide bonds. The lowest BCUT2D eigenvalue weighted by molar-refractivity contribution is -0.342. The van der Waals surface area contributed by atoms with Gasteiger partial charge in [0.15, 0.2) is 0 Å². The second-order valence-electron chi connectivity index (χ2n) is 6.19. The maximum absolute atomic E-state index is 14.0. The van der Waals surface area contributed by atoms with Crippen LogP contribution in [0, 0.1) is 18.3 Å². The normalized spacial score (nSPS) is 13.3.